The molecule has 5 heteroatoms. The summed E-state index contributed by atoms with van der Waals surface area (Å²) in [4.78, 5) is 2.38. The average Bonchev–Trinajstić information content (AvgIpc) is 2.37. The quantitative estimate of drug-likeness (QED) is 0.905. The smallest absolute Gasteiger partial charge is 0.129 e. The van der Waals surface area contributed by atoms with Crippen LogP contribution in [0.2, 0.25) is 5.02 Å². The number of rotatable bonds is 4. The molecule has 0 aliphatic carbocycles. The van der Waals surface area contributed by atoms with E-state index in [4.69, 9.17) is 11.6 Å². The standard InChI is InChI=1S/C15H22ClFN2.ClH/c1-11(2)9-15(19-7-5-18-6-8-19)13-4-3-12(16)10-14(13)17;/h3-4,10-11,15,18H,5-9H2,1-2H3;1H/t15-;/m1./s1. The van der Waals surface area contributed by atoms with Crippen molar-refractivity contribution >= 4 is 24.0 Å². The van der Waals surface area contributed by atoms with Crippen LogP contribution >= 0.6 is 24.0 Å². The van der Waals surface area contributed by atoms with Gasteiger partial charge in [0.1, 0.15) is 5.82 Å². The Morgan fingerprint density at radius 1 is 1.30 bits per heavy atom. The van der Waals surface area contributed by atoms with Crippen LogP contribution in [-0.4, -0.2) is 31.1 Å². The van der Waals surface area contributed by atoms with Gasteiger partial charge in [0.25, 0.3) is 0 Å². The Morgan fingerprint density at radius 2 is 1.95 bits per heavy atom. The molecule has 20 heavy (non-hydrogen) atoms. The Hall–Kier alpha value is -0.350. The topological polar surface area (TPSA) is 15.3 Å². The summed E-state index contributed by atoms with van der Waals surface area (Å²) in [5.41, 5.74) is 0.778. The molecule has 0 radical (unpaired) electrons. The normalized spacial score (nSPS) is 17.9. The van der Waals surface area contributed by atoms with E-state index in [2.05, 4.69) is 24.1 Å². The summed E-state index contributed by atoms with van der Waals surface area (Å²) in [6, 6.07) is 5.20. The monoisotopic (exact) mass is 320 g/mol. The molecule has 2 nitrogen and oxygen atoms in total. The number of hydrogen-bond acceptors (Lipinski definition) is 2. The van der Waals surface area contributed by atoms with Crippen LogP contribution in [0.5, 0.6) is 0 Å². The summed E-state index contributed by atoms with van der Waals surface area (Å²) in [5, 5.41) is 3.80. The number of nitrogens with zero attached hydrogens (tertiary/aromatic N) is 1. The van der Waals surface area contributed by atoms with Crippen molar-refractivity contribution in [3.63, 3.8) is 0 Å². The van der Waals surface area contributed by atoms with E-state index in [1.54, 1.807) is 6.07 Å². The lowest BCUT2D eigenvalue weighted by Gasteiger charge is -2.36. The summed E-state index contributed by atoms with van der Waals surface area (Å²) in [6.45, 7) is 8.26. The minimum Gasteiger partial charge on any atom is -0.314 e. The van der Waals surface area contributed by atoms with Gasteiger partial charge in [-0.15, -0.1) is 12.4 Å². The van der Waals surface area contributed by atoms with Gasteiger partial charge in [-0.3, -0.25) is 4.90 Å². The van der Waals surface area contributed by atoms with Gasteiger partial charge in [0.05, 0.1) is 0 Å². The maximum atomic E-state index is 14.2. The number of nitrogens with one attached hydrogen (secondary N) is 1. The Kier molecular flexibility index (Phi) is 7.24. The van der Waals surface area contributed by atoms with Gasteiger partial charge in [-0.2, -0.15) is 0 Å². The molecule has 1 fully saturated rings. The highest BCUT2D eigenvalue weighted by molar-refractivity contribution is 6.30. The zero-order valence-corrected chi connectivity index (χ0v) is 13.6. The van der Waals surface area contributed by atoms with E-state index >= 15 is 0 Å². The molecule has 1 atom stereocenters. The van der Waals surface area contributed by atoms with Crippen molar-refractivity contribution in [1.82, 2.24) is 10.2 Å². The third kappa shape index (κ3) is 4.59. The number of piperazine rings is 1. The molecule has 0 saturated carbocycles. The SMILES string of the molecule is CC(C)C[C@H](c1ccc(Cl)cc1F)N1CCNCC1.Cl. The number of benzene rings is 1. The van der Waals surface area contributed by atoms with Crippen LogP contribution in [-0.2, 0) is 0 Å². The third-order valence-electron chi connectivity index (χ3n) is 3.61. The minimum atomic E-state index is -0.184. The van der Waals surface area contributed by atoms with Crippen molar-refractivity contribution in [2.75, 3.05) is 26.2 Å². The van der Waals surface area contributed by atoms with E-state index in [0.29, 0.717) is 10.9 Å². The zero-order chi connectivity index (χ0) is 13.8. The van der Waals surface area contributed by atoms with Crippen LogP contribution in [0, 0.1) is 11.7 Å². The fourth-order valence-electron chi connectivity index (χ4n) is 2.68. The molecule has 0 aromatic heterocycles. The fraction of sp³-hybridized carbons (Fsp3) is 0.600. The molecule has 1 aromatic rings. The molecular weight excluding hydrogens is 298 g/mol. The average molecular weight is 321 g/mol. The summed E-state index contributed by atoms with van der Waals surface area (Å²) >= 11 is 5.85. The second-order valence-electron chi connectivity index (χ2n) is 5.60. The van der Waals surface area contributed by atoms with Crippen molar-refractivity contribution in [3.8, 4) is 0 Å². The first-order chi connectivity index (χ1) is 9.08. The first kappa shape index (κ1) is 17.7. The maximum absolute atomic E-state index is 14.2. The van der Waals surface area contributed by atoms with Crippen LogP contribution in [0.4, 0.5) is 4.39 Å². The molecule has 114 valence electrons. The van der Waals surface area contributed by atoms with Crippen LogP contribution in [0.3, 0.4) is 0 Å². The van der Waals surface area contributed by atoms with Crippen LogP contribution in [0.25, 0.3) is 0 Å². The lowest BCUT2D eigenvalue weighted by Crippen LogP contribution is -2.45. The van der Waals surface area contributed by atoms with Gasteiger partial charge < -0.3 is 5.32 Å². The fourth-order valence-corrected chi connectivity index (χ4v) is 2.84. The summed E-state index contributed by atoms with van der Waals surface area (Å²) < 4.78 is 14.2. The zero-order valence-electron chi connectivity index (χ0n) is 12.0. The van der Waals surface area contributed by atoms with Gasteiger partial charge in [-0.25, -0.2) is 4.39 Å². The second-order valence-corrected chi connectivity index (χ2v) is 6.03. The highest BCUT2D eigenvalue weighted by Crippen LogP contribution is 2.31. The lowest BCUT2D eigenvalue weighted by molar-refractivity contribution is 0.151. The predicted octanol–water partition coefficient (Wildman–Crippen LogP) is 3.89. The number of halogens is 3. The van der Waals surface area contributed by atoms with E-state index < -0.39 is 0 Å². The molecule has 1 aliphatic heterocycles. The predicted molar refractivity (Wildman–Crippen MR) is 85.3 cm³/mol. The maximum Gasteiger partial charge on any atom is 0.129 e. The molecule has 1 aliphatic rings. The van der Waals surface area contributed by atoms with Crippen molar-refractivity contribution in [2.45, 2.75) is 26.3 Å². The van der Waals surface area contributed by atoms with Gasteiger partial charge >= 0.3 is 0 Å². The first-order valence-corrected chi connectivity index (χ1v) is 7.35. The molecule has 1 N–H and O–H groups in total. The summed E-state index contributed by atoms with van der Waals surface area (Å²) in [6.07, 6.45) is 0.971. The second kappa shape index (κ2) is 8.18. The van der Waals surface area contributed by atoms with Gasteiger partial charge in [0.2, 0.25) is 0 Å². The highest BCUT2D eigenvalue weighted by Gasteiger charge is 2.25. The van der Waals surface area contributed by atoms with Gasteiger partial charge in [0.15, 0.2) is 0 Å². The minimum absolute atomic E-state index is 0. The molecule has 0 spiro atoms. The van der Waals surface area contributed by atoms with E-state index in [0.717, 1.165) is 38.2 Å². The van der Waals surface area contributed by atoms with Crippen molar-refractivity contribution < 1.29 is 4.39 Å². The Morgan fingerprint density at radius 3 is 2.50 bits per heavy atom. The third-order valence-corrected chi connectivity index (χ3v) is 3.84. The summed E-state index contributed by atoms with van der Waals surface area (Å²) in [5.74, 6) is 0.353. The summed E-state index contributed by atoms with van der Waals surface area (Å²) in [7, 11) is 0. The van der Waals surface area contributed by atoms with Gasteiger partial charge in [0, 0.05) is 42.8 Å². The molecule has 0 bridgehead atoms. The lowest BCUT2D eigenvalue weighted by atomic mass is 9.94. The van der Waals surface area contributed by atoms with Crippen molar-refractivity contribution in [2.24, 2.45) is 5.92 Å². The van der Waals surface area contributed by atoms with E-state index in [9.17, 15) is 4.39 Å². The highest BCUT2D eigenvalue weighted by atomic mass is 35.5. The first-order valence-electron chi connectivity index (χ1n) is 6.97. The Balaban J connectivity index is 0.00000200. The molecule has 0 unspecified atom stereocenters. The van der Waals surface area contributed by atoms with Crippen molar-refractivity contribution in [1.29, 1.82) is 0 Å². The van der Waals surface area contributed by atoms with Crippen LogP contribution in [0.15, 0.2) is 18.2 Å². The molecule has 1 aromatic carbocycles. The molecule has 0 amide bonds. The van der Waals surface area contributed by atoms with Crippen molar-refractivity contribution in [3.05, 3.63) is 34.6 Å². The molecule has 1 saturated heterocycles. The van der Waals surface area contributed by atoms with Gasteiger partial charge in [-0.1, -0.05) is 31.5 Å². The molecular formula is C15H23Cl2FN2. The van der Waals surface area contributed by atoms with E-state index in [1.807, 2.05) is 6.07 Å². The van der Waals surface area contributed by atoms with Crippen LogP contribution < -0.4 is 5.32 Å². The largest absolute Gasteiger partial charge is 0.314 e. The van der Waals surface area contributed by atoms with E-state index in [1.165, 1.54) is 6.07 Å². The van der Waals surface area contributed by atoms with Crippen LogP contribution in [0.1, 0.15) is 31.9 Å². The Bertz CT molecular complexity index is 420. The van der Waals surface area contributed by atoms with E-state index in [-0.39, 0.29) is 24.3 Å². The van der Waals surface area contributed by atoms with Gasteiger partial charge in [-0.05, 0) is 24.5 Å². The Labute approximate surface area is 132 Å². The number of hydrogen-bond donors (Lipinski definition) is 1. The molecule has 2 rings (SSSR count). The molecule has 1 heterocycles.